The normalized spacial score (nSPS) is 40.3. The Morgan fingerprint density at radius 3 is 2.37 bits per heavy atom. The van der Waals surface area contributed by atoms with E-state index in [0.717, 1.165) is 38.8 Å². The first-order chi connectivity index (χ1) is 8.87. The van der Waals surface area contributed by atoms with Gasteiger partial charge in [-0.05, 0) is 44.9 Å². The number of aliphatic hydroxyl groups is 3. The Morgan fingerprint density at radius 1 is 1.16 bits per heavy atom. The number of hydrogen-bond donors (Lipinski definition) is 3. The van der Waals surface area contributed by atoms with Crippen LogP contribution in [0.2, 0.25) is 0 Å². The van der Waals surface area contributed by atoms with Crippen LogP contribution >= 0.6 is 0 Å². The van der Waals surface area contributed by atoms with E-state index in [9.17, 15) is 15.3 Å². The molecule has 0 aromatic carbocycles. The highest BCUT2D eigenvalue weighted by atomic mass is 16.5. The molecular formula is C14H27NO4. The van der Waals surface area contributed by atoms with E-state index in [1.165, 1.54) is 6.92 Å². The molecular weight excluding hydrogens is 246 g/mol. The summed E-state index contributed by atoms with van der Waals surface area (Å²) in [5, 5.41) is 30.2. The second-order valence-electron chi connectivity index (χ2n) is 6.27. The molecule has 0 aromatic heterocycles. The van der Waals surface area contributed by atoms with Crippen LogP contribution in [0.3, 0.4) is 0 Å². The van der Waals surface area contributed by atoms with Crippen LogP contribution in [0.25, 0.3) is 0 Å². The van der Waals surface area contributed by atoms with Crippen molar-refractivity contribution in [1.82, 2.24) is 4.90 Å². The lowest BCUT2D eigenvalue weighted by molar-refractivity contribution is -0.337. The first-order valence-corrected chi connectivity index (χ1v) is 7.32. The van der Waals surface area contributed by atoms with Crippen LogP contribution in [0.4, 0.5) is 0 Å². The third-order valence-corrected chi connectivity index (χ3v) is 4.93. The average Bonchev–Trinajstić information content (AvgIpc) is 2.36. The van der Waals surface area contributed by atoms with Crippen molar-refractivity contribution >= 4 is 0 Å². The average molecular weight is 273 g/mol. The van der Waals surface area contributed by atoms with E-state index in [2.05, 4.69) is 0 Å². The molecule has 0 aromatic rings. The summed E-state index contributed by atoms with van der Waals surface area (Å²) >= 11 is 0. The predicted molar refractivity (Wildman–Crippen MR) is 71.4 cm³/mol. The van der Waals surface area contributed by atoms with Gasteiger partial charge in [-0.25, -0.2) is 0 Å². The summed E-state index contributed by atoms with van der Waals surface area (Å²) in [6, 6.07) is 0. The molecule has 0 amide bonds. The van der Waals surface area contributed by atoms with Crippen LogP contribution in [0.15, 0.2) is 0 Å². The highest BCUT2D eigenvalue weighted by molar-refractivity contribution is 4.93. The van der Waals surface area contributed by atoms with E-state index in [1.807, 2.05) is 4.90 Å². The SMILES string of the molecule is COC1CCC(CN2CCCC(O)(O)[C@@]2(C)O)CC1. The van der Waals surface area contributed by atoms with E-state index in [0.29, 0.717) is 18.4 Å². The van der Waals surface area contributed by atoms with Gasteiger partial charge in [0.25, 0.3) is 0 Å². The van der Waals surface area contributed by atoms with Crippen LogP contribution in [-0.2, 0) is 4.74 Å². The first kappa shape index (κ1) is 15.2. The standard InChI is InChI=1S/C14H27NO4/c1-13(16)14(17,18)8-3-9-15(13)10-11-4-6-12(19-2)7-5-11/h11-12,16-18H,3-10H2,1-2H3/t11?,12?,13-/m1/s1. The van der Waals surface area contributed by atoms with Gasteiger partial charge in [-0.1, -0.05) is 0 Å². The molecule has 2 aliphatic rings. The quantitative estimate of drug-likeness (QED) is 0.659. The predicted octanol–water partition coefficient (Wildman–Crippen LogP) is 0.677. The Balaban J connectivity index is 1.92. The third-order valence-electron chi connectivity index (χ3n) is 4.93. The van der Waals surface area contributed by atoms with Crippen molar-refractivity contribution < 1.29 is 20.1 Å². The summed E-state index contributed by atoms with van der Waals surface area (Å²) in [5.41, 5.74) is -1.55. The van der Waals surface area contributed by atoms with Crippen LogP contribution in [-0.4, -0.2) is 58.0 Å². The Hall–Kier alpha value is -0.200. The second-order valence-corrected chi connectivity index (χ2v) is 6.27. The topological polar surface area (TPSA) is 73.2 Å². The summed E-state index contributed by atoms with van der Waals surface area (Å²) in [7, 11) is 1.76. The second kappa shape index (κ2) is 5.66. The van der Waals surface area contributed by atoms with Gasteiger partial charge in [0.15, 0.2) is 5.72 Å². The van der Waals surface area contributed by atoms with Crippen molar-refractivity contribution in [2.75, 3.05) is 20.2 Å². The smallest absolute Gasteiger partial charge is 0.206 e. The molecule has 2 rings (SSSR count). The molecule has 1 saturated carbocycles. The Bertz CT molecular complexity index is 298. The van der Waals surface area contributed by atoms with Gasteiger partial charge >= 0.3 is 0 Å². The summed E-state index contributed by atoms with van der Waals surface area (Å²) in [4.78, 5) is 1.83. The molecule has 0 radical (unpaired) electrons. The van der Waals surface area contributed by atoms with Gasteiger partial charge in [-0.2, -0.15) is 0 Å². The minimum absolute atomic E-state index is 0.229. The van der Waals surface area contributed by atoms with Crippen LogP contribution in [0, 0.1) is 5.92 Å². The molecule has 0 spiro atoms. The number of methoxy groups -OCH3 is 1. The van der Waals surface area contributed by atoms with Gasteiger partial charge < -0.3 is 20.1 Å². The van der Waals surface area contributed by atoms with Gasteiger partial charge in [-0.15, -0.1) is 0 Å². The van der Waals surface area contributed by atoms with E-state index in [1.54, 1.807) is 7.11 Å². The Morgan fingerprint density at radius 2 is 1.79 bits per heavy atom. The molecule has 3 N–H and O–H groups in total. The van der Waals surface area contributed by atoms with E-state index >= 15 is 0 Å². The lowest BCUT2D eigenvalue weighted by Gasteiger charge is -2.50. The molecule has 0 bridgehead atoms. The lowest BCUT2D eigenvalue weighted by Crippen LogP contribution is -2.66. The number of piperidine rings is 1. The molecule has 112 valence electrons. The number of rotatable bonds is 3. The maximum absolute atomic E-state index is 10.4. The van der Waals surface area contributed by atoms with Gasteiger partial charge in [0.2, 0.25) is 5.79 Å². The van der Waals surface area contributed by atoms with Crippen molar-refractivity contribution in [2.24, 2.45) is 5.92 Å². The van der Waals surface area contributed by atoms with Crippen LogP contribution in [0.1, 0.15) is 45.4 Å². The molecule has 5 nitrogen and oxygen atoms in total. The summed E-state index contributed by atoms with van der Waals surface area (Å²) < 4.78 is 5.36. The monoisotopic (exact) mass is 273 g/mol. The van der Waals surface area contributed by atoms with Gasteiger partial charge in [-0.3, -0.25) is 4.90 Å². The number of nitrogens with zero attached hydrogens (tertiary/aromatic N) is 1. The van der Waals surface area contributed by atoms with Crippen molar-refractivity contribution in [3.05, 3.63) is 0 Å². The summed E-state index contributed by atoms with van der Waals surface area (Å²) in [6.07, 6.45) is 5.57. The number of likely N-dealkylation sites (tertiary alicyclic amines) is 1. The lowest BCUT2D eigenvalue weighted by atomic mass is 9.85. The third kappa shape index (κ3) is 3.11. The zero-order valence-electron chi connectivity index (χ0n) is 12.0. The van der Waals surface area contributed by atoms with Crippen LogP contribution < -0.4 is 0 Å². The van der Waals surface area contributed by atoms with E-state index in [4.69, 9.17) is 4.74 Å². The van der Waals surface area contributed by atoms with E-state index < -0.39 is 11.5 Å². The Labute approximate surface area is 115 Å². The molecule has 5 heteroatoms. The van der Waals surface area contributed by atoms with Crippen molar-refractivity contribution in [2.45, 2.75) is 63.1 Å². The van der Waals surface area contributed by atoms with Crippen molar-refractivity contribution in [1.29, 1.82) is 0 Å². The minimum atomic E-state index is -2.00. The van der Waals surface area contributed by atoms with Gasteiger partial charge in [0.1, 0.15) is 0 Å². The minimum Gasteiger partial charge on any atom is -0.381 e. The zero-order valence-corrected chi connectivity index (χ0v) is 12.0. The molecule has 1 saturated heterocycles. The van der Waals surface area contributed by atoms with Gasteiger partial charge in [0, 0.05) is 26.6 Å². The van der Waals surface area contributed by atoms with Crippen molar-refractivity contribution in [3.63, 3.8) is 0 Å². The fourth-order valence-corrected chi connectivity index (χ4v) is 3.36. The van der Waals surface area contributed by atoms with E-state index in [-0.39, 0.29) is 6.42 Å². The fraction of sp³-hybridized carbons (Fsp3) is 1.00. The van der Waals surface area contributed by atoms with Gasteiger partial charge in [0.05, 0.1) is 6.10 Å². The zero-order chi connectivity index (χ0) is 14.1. The number of hydrogen-bond acceptors (Lipinski definition) is 5. The molecule has 1 aliphatic heterocycles. The van der Waals surface area contributed by atoms with Crippen molar-refractivity contribution in [3.8, 4) is 0 Å². The van der Waals surface area contributed by atoms with Crippen LogP contribution in [0.5, 0.6) is 0 Å². The molecule has 1 heterocycles. The molecule has 0 unspecified atom stereocenters. The molecule has 2 fully saturated rings. The highest BCUT2D eigenvalue weighted by Gasteiger charge is 2.51. The molecule has 1 aliphatic carbocycles. The highest BCUT2D eigenvalue weighted by Crippen LogP contribution is 2.35. The largest absolute Gasteiger partial charge is 0.381 e. The molecule has 1 atom stereocenters. The Kier molecular flexibility index (Phi) is 4.52. The summed E-state index contributed by atoms with van der Waals surface area (Å²) in [6.45, 7) is 2.96. The maximum Gasteiger partial charge on any atom is 0.206 e. The number of ether oxygens (including phenoxy) is 1. The maximum atomic E-state index is 10.4. The molecule has 19 heavy (non-hydrogen) atoms. The first-order valence-electron chi connectivity index (χ1n) is 7.32. The fourth-order valence-electron chi connectivity index (χ4n) is 3.36. The summed E-state index contributed by atoms with van der Waals surface area (Å²) in [5.74, 6) is -1.50.